The van der Waals surface area contributed by atoms with Crippen LogP contribution in [0.5, 0.6) is 0 Å². The van der Waals surface area contributed by atoms with E-state index in [4.69, 9.17) is 10.2 Å². The van der Waals surface area contributed by atoms with Crippen LogP contribution in [0.4, 0.5) is 0 Å². The summed E-state index contributed by atoms with van der Waals surface area (Å²) in [5.74, 6) is -4.35. The maximum atomic E-state index is 12.1. The van der Waals surface area contributed by atoms with Crippen LogP contribution in [0, 0.1) is 5.41 Å². The highest BCUT2D eigenvalue weighted by atomic mass is 16.4. The van der Waals surface area contributed by atoms with Crippen LogP contribution in [-0.2, 0) is 14.4 Å². The van der Waals surface area contributed by atoms with Crippen molar-refractivity contribution in [2.75, 3.05) is 13.1 Å². The molecule has 7 heteroatoms. The monoisotopic (exact) mass is 261 g/mol. The van der Waals surface area contributed by atoms with Gasteiger partial charge in [-0.2, -0.15) is 0 Å². The molecule has 3 N–H and O–H groups in total. The zero-order valence-electron chi connectivity index (χ0n) is 10.9. The molecule has 7 nitrogen and oxygen atoms in total. The fraction of sp³-hybridized carbons (Fsp3) is 0.727. The molecule has 2 atom stereocenters. The van der Waals surface area contributed by atoms with Crippen LogP contribution in [0.3, 0.4) is 0 Å². The van der Waals surface area contributed by atoms with Crippen LogP contribution in [0.2, 0.25) is 0 Å². The van der Waals surface area contributed by atoms with Gasteiger partial charge in [0.25, 0.3) is 0 Å². The number of hydrogen-bond donors (Lipinski definition) is 3. The third kappa shape index (κ3) is 2.31. The van der Waals surface area contributed by atoms with E-state index in [2.05, 4.69) is 0 Å². The summed E-state index contributed by atoms with van der Waals surface area (Å²) in [6.45, 7) is 5.47. The Kier molecular flexibility index (Phi) is 4.86. The van der Waals surface area contributed by atoms with Gasteiger partial charge in [0.05, 0.1) is 0 Å². The zero-order valence-corrected chi connectivity index (χ0v) is 10.9. The molecular formula is C11H19NO6. The Balaban J connectivity index is 5.77. The maximum Gasteiger partial charge on any atom is 0.337 e. The minimum atomic E-state index is -2.70. The van der Waals surface area contributed by atoms with Gasteiger partial charge in [0.1, 0.15) is 0 Å². The van der Waals surface area contributed by atoms with Gasteiger partial charge in [-0.25, -0.2) is 4.79 Å². The molecule has 0 aliphatic heterocycles. The molecule has 0 saturated carbocycles. The van der Waals surface area contributed by atoms with E-state index in [9.17, 15) is 19.5 Å². The SMILES string of the molecule is CCN(CC)C(=O)C(C)(C(=O)O)C(C)(O)C(=O)O. The predicted octanol–water partition coefficient (Wildman–Crippen LogP) is -0.219. The topological polar surface area (TPSA) is 115 Å². The highest BCUT2D eigenvalue weighted by molar-refractivity contribution is 6.07. The fourth-order valence-electron chi connectivity index (χ4n) is 1.55. The molecule has 0 fully saturated rings. The Labute approximate surface area is 105 Å². The predicted molar refractivity (Wildman–Crippen MR) is 61.9 cm³/mol. The summed E-state index contributed by atoms with van der Waals surface area (Å²) < 4.78 is 0. The molecule has 0 heterocycles. The first-order valence-corrected chi connectivity index (χ1v) is 5.55. The molecule has 0 radical (unpaired) electrons. The lowest BCUT2D eigenvalue weighted by Crippen LogP contribution is -2.62. The van der Waals surface area contributed by atoms with Gasteiger partial charge in [0, 0.05) is 13.1 Å². The second-order valence-electron chi connectivity index (χ2n) is 4.28. The normalized spacial score (nSPS) is 17.4. The van der Waals surface area contributed by atoms with E-state index in [1.54, 1.807) is 13.8 Å². The Morgan fingerprint density at radius 3 is 1.61 bits per heavy atom. The largest absolute Gasteiger partial charge is 0.480 e. The van der Waals surface area contributed by atoms with E-state index in [0.29, 0.717) is 0 Å². The number of carbonyl (C=O) groups is 3. The van der Waals surface area contributed by atoms with Crippen molar-refractivity contribution in [1.29, 1.82) is 0 Å². The number of carbonyl (C=O) groups excluding carboxylic acids is 1. The molecule has 2 unspecified atom stereocenters. The number of aliphatic hydroxyl groups is 1. The molecule has 0 bridgehead atoms. The second kappa shape index (κ2) is 5.34. The lowest BCUT2D eigenvalue weighted by atomic mass is 9.73. The van der Waals surface area contributed by atoms with Crippen LogP contribution in [0.25, 0.3) is 0 Å². The Bertz CT molecular complexity index is 361. The van der Waals surface area contributed by atoms with E-state index < -0.39 is 28.9 Å². The Hall–Kier alpha value is -1.63. The van der Waals surface area contributed by atoms with E-state index in [1.807, 2.05) is 0 Å². The van der Waals surface area contributed by atoms with Crippen molar-refractivity contribution in [3.63, 3.8) is 0 Å². The quantitative estimate of drug-likeness (QED) is 0.569. The Morgan fingerprint density at radius 2 is 1.39 bits per heavy atom. The van der Waals surface area contributed by atoms with Crippen molar-refractivity contribution in [3.8, 4) is 0 Å². The van der Waals surface area contributed by atoms with Gasteiger partial charge in [-0.3, -0.25) is 9.59 Å². The molecule has 0 aromatic heterocycles. The molecule has 104 valence electrons. The van der Waals surface area contributed by atoms with Gasteiger partial charge < -0.3 is 20.2 Å². The van der Waals surface area contributed by atoms with Crippen LogP contribution < -0.4 is 0 Å². The van der Waals surface area contributed by atoms with E-state index in [0.717, 1.165) is 13.8 Å². The maximum absolute atomic E-state index is 12.1. The van der Waals surface area contributed by atoms with Crippen LogP contribution in [0.15, 0.2) is 0 Å². The molecule has 0 rings (SSSR count). The van der Waals surface area contributed by atoms with Gasteiger partial charge in [-0.15, -0.1) is 0 Å². The molecule has 0 aromatic rings. The molecular weight excluding hydrogens is 242 g/mol. The average Bonchev–Trinajstić information content (AvgIpc) is 2.28. The van der Waals surface area contributed by atoms with E-state index in [-0.39, 0.29) is 13.1 Å². The number of amides is 1. The van der Waals surface area contributed by atoms with Crippen LogP contribution in [0.1, 0.15) is 27.7 Å². The van der Waals surface area contributed by atoms with Crippen molar-refractivity contribution in [3.05, 3.63) is 0 Å². The molecule has 18 heavy (non-hydrogen) atoms. The van der Waals surface area contributed by atoms with Crippen molar-refractivity contribution >= 4 is 17.8 Å². The third-order valence-electron chi connectivity index (χ3n) is 3.30. The number of rotatable bonds is 6. The van der Waals surface area contributed by atoms with Crippen LogP contribution in [-0.4, -0.2) is 56.8 Å². The first kappa shape index (κ1) is 16.4. The van der Waals surface area contributed by atoms with Gasteiger partial charge in [0.2, 0.25) is 5.91 Å². The van der Waals surface area contributed by atoms with Gasteiger partial charge in [-0.1, -0.05) is 0 Å². The van der Waals surface area contributed by atoms with Crippen LogP contribution >= 0.6 is 0 Å². The summed E-state index contributed by atoms with van der Waals surface area (Å²) in [5.41, 5.74) is -5.14. The summed E-state index contributed by atoms with van der Waals surface area (Å²) in [7, 11) is 0. The fourth-order valence-corrected chi connectivity index (χ4v) is 1.55. The van der Waals surface area contributed by atoms with Crippen molar-refractivity contribution in [1.82, 2.24) is 4.90 Å². The molecule has 0 spiro atoms. The minimum Gasteiger partial charge on any atom is -0.480 e. The number of hydrogen-bond acceptors (Lipinski definition) is 4. The highest BCUT2D eigenvalue weighted by Gasteiger charge is 2.61. The molecule has 1 amide bonds. The summed E-state index contributed by atoms with van der Waals surface area (Å²) in [5, 5.41) is 27.9. The Morgan fingerprint density at radius 1 is 1.00 bits per heavy atom. The summed E-state index contributed by atoms with van der Waals surface area (Å²) in [4.78, 5) is 35.6. The van der Waals surface area contributed by atoms with Crippen molar-refractivity contribution in [2.45, 2.75) is 33.3 Å². The number of aliphatic carboxylic acids is 2. The molecule has 0 aromatic carbocycles. The third-order valence-corrected chi connectivity index (χ3v) is 3.30. The highest BCUT2D eigenvalue weighted by Crippen LogP contribution is 2.34. The first-order chi connectivity index (χ1) is 8.07. The minimum absolute atomic E-state index is 0.230. The zero-order chi connectivity index (χ0) is 14.7. The van der Waals surface area contributed by atoms with Gasteiger partial charge >= 0.3 is 11.9 Å². The van der Waals surface area contributed by atoms with Crippen molar-refractivity contribution < 1.29 is 29.7 Å². The summed E-state index contributed by atoms with van der Waals surface area (Å²) >= 11 is 0. The average molecular weight is 261 g/mol. The number of nitrogens with zero attached hydrogens (tertiary/aromatic N) is 1. The molecule has 0 aliphatic rings. The van der Waals surface area contributed by atoms with Gasteiger partial charge in [-0.05, 0) is 27.7 Å². The number of carboxylic acid groups (broad SMARTS) is 2. The van der Waals surface area contributed by atoms with E-state index in [1.165, 1.54) is 4.90 Å². The lowest BCUT2D eigenvalue weighted by Gasteiger charge is -2.37. The van der Waals surface area contributed by atoms with E-state index >= 15 is 0 Å². The first-order valence-electron chi connectivity index (χ1n) is 5.55. The molecule has 0 aliphatic carbocycles. The summed E-state index contributed by atoms with van der Waals surface area (Å²) in [6, 6.07) is 0. The van der Waals surface area contributed by atoms with Gasteiger partial charge in [0.15, 0.2) is 11.0 Å². The smallest absolute Gasteiger partial charge is 0.337 e. The lowest BCUT2D eigenvalue weighted by molar-refractivity contribution is -0.191. The number of carboxylic acids is 2. The molecule has 0 saturated heterocycles. The second-order valence-corrected chi connectivity index (χ2v) is 4.28. The standard InChI is InChI=1S/C11H19NO6/c1-5-12(6-2)7(13)10(3,8(14)15)11(4,18)9(16)17/h18H,5-6H2,1-4H3,(H,14,15)(H,16,17). The van der Waals surface area contributed by atoms with Crippen molar-refractivity contribution in [2.24, 2.45) is 5.41 Å². The summed E-state index contributed by atoms with van der Waals surface area (Å²) in [6.07, 6.45) is 0.